The third kappa shape index (κ3) is 4.22. The maximum absolute atomic E-state index is 12.3. The van der Waals surface area contributed by atoms with Crippen LogP contribution in [0, 0.1) is 13.8 Å². The van der Waals surface area contributed by atoms with E-state index in [-0.39, 0.29) is 12.8 Å². The Morgan fingerprint density at radius 1 is 1.26 bits per heavy atom. The Balaban J connectivity index is 1.63. The molecule has 0 saturated heterocycles. The molecule has 0 bridgehead atoms. The SMILES string of the molecule is Cc1cccc(C(NC(=O)CCc2nc(-c3ccoc3)no2)C(=O)O)c1C. The molecule has 0 aliphatic carbocycles. The molecule has 140 valence electrons. The fourth-order valence-electron chi connectivity index (χ4n) is 2.68. The fourth-order valence-corrected chi connectivity index (χ4v) is 2.68. The summed E-state index contributed by atoms with van der Waals surface area (Å²) in [7, 11) is 0. The first-order valence-corrected chi connectivity index (χ1v) is 8.39. The van der Waals surface area contributed by atoms with E-state index < -0.39 is 17.9 Å². The number of nitrogens with one attached hydrogen (secondary N) is 1. The summed E-state index contributed by atoms with van der Waals surface area (Å²) in [5.74, 6) is -0.860. The summed E-state index contributed by atoms with van der Waals surface area (Å²) in [6.07, 6.45) is 3.22. The number of carbonyl (C=O) groups excluding carboxylic acids is 1. The lowest BCUT2D eigenvalue weighted by Crippen LogP contribution is -2.34. The highest BCUT2D eigenvalue weighted by atomic mass is 16.5. The number of hydrogen-bond acceptors (Lipinski definition) is 6. The molecule has 0 aliphatic heterocycles. The first-order chi connectivity index (χ1) is 13.0. The van der Waals surface area contributed by atoms with Crippen molar-refractivity contribution in [2.45, 2.75) is 32.7 Å². The molecular weight excluding hydrogens is 350 g/mol. The van der Waals surface area contributed by atoms with Crippen molar-refractivity contribution in [2.75, 3.05) is 0 Å². The van der Waals surface area contributed by atoms with Crippen LogP contribution in [-0.2, 0) is 16.0 Å². The normalized spacial score (nSPS) is 11.9. The van der Waals surface area contributed by atoms with Crippen molar-refractivity contribution in [3.63, 3.8) is 0 Å². The Hall–Kier alpha value is -3.42. The number of aliphatic carboxylic acids is 1. The van der Waals surface area contributed by atoms with Crippen molar-refractivity contribution in [1.82, 2.24) is 15.5 Å². The second-order valence-electron chi connectivity index (χ2n) is 6.15. The Morgan fingerprint density at radius 2 is 2.07 bits per heavy atom. The van der Waals surface area contributed by atoms with Crippen LogP contribution >= 0.6 is 0 Å². The maximum atomic E-state index is 12.3. The van der Waals surface area contributed by atoms with Gasteiger partial charge in [-0.15, -0.1) is 0 Å². The molecule has 27 heavy (non-hydrogen) atoms. The highest BCUT2D eigenvalue weighted by Gasteiger charge is 2.24. The van der Waals surface area contributed by atoms with E-state index in [0.29, 0.717) is 22.8 Å². The number of carbonyl (C=O) groups is 2. The van der Waals surface area contributed by atoms with Gasteiger partial charge in [-0.3, -0.25) is 4.79 Å². The average molecular weight is 369 g/mol. The van der Waals surface area contributed by atoms with Gasteiger partial charge in [-0.25, -0.2) is 4.79 Å². The van der Waals surface area contributed by atoms with E-state index in [1.165, 1.54) is 12.5 Å². The van der Waals surface area contributed by atoms with Crippen LogP contribution in [0.1, 0.15) is 35.0 Å². The molecule has 1 atom stereocenters. The molecule has 2 aromatic heterocycles. The number of amides is 1. The lowest BCUT2D eigenvalue weighted by atomic mass is 9.97. The van der Waals surface area contributed by atoms with Crippen LogP contribution < -0.4 is 5.32 Å². The van der Waals surface area contributed by atoms with Gasteiger partial charge in [0.05, 0.1) is 11.8 Å². The summed E-state index contributed by atoms with van der Waals surface area (Å²) in [5.41, 5.74) is 3.05. The van der Waals surface area contributed by atoms with Crippen molar-refractivity contribution < 1.29 is 23.6 Å². The van der Waals surface area contributed by atoms with Crippen LogP contribution in [0.4, 0.5) is 0 Å². The van der Waals surface area contributed by atoms with Gasteiger partial charge in [0.25, 0.3) is 0 Å². The predicted octanol–water partition coefficient (Wildman–Crippen LogP) is 2.82. The molecule has 2 N–H and O–H groups in total. The molecule has 8 nitrogen and oxygen atoms in total. The van der Waals surface area contributed by atoms with Gasteiger partial charge in [-0.1, -0.05) is 23.4 Å². The molecule has 0 aliphatic rings. The number of hydrogen-bond donors (Lipinski definition) is 2. The number of furan rings is 1. The van der Waals surface area contributed by atoms with Crippen LogP contribution in [-0.4, -0.2) is 27.1 Å². The number of benzene rings is 1. The third-order valence-corrected chi connectivity index (χ3v) is 4.32. The minimum atomic E-state index is -1.11. The van der Waals surface area contributed by atoms with Crippen molar-refractivity contribution in [2.24, 2.45) is 0 Å². The Bertz CT molecular complexity index is 946. The molecule has 1 amide bonds. The first-order valence-electron chi connectivity index (χ1n) is 8.39. The summed E-state index contributed by atoms with van der Waals surface area (Å²) in [5, 5.41) is 15.9. The van der Waals surface area contributed by atoms with Gasteiger partial charge in [-0.2, -0.15) is 4.98 Å². The second kappa shape index (κ2) is 7.86. The van der Waals surface area contributed by atoms with Crippen molar-refractivity contribution in [3.05, 3.63) is 59.4 Å². The monoisotopic (exact) mass is 369 g/mol. The van der Waals surface area contributed by atoms with Crippen molar-refractivity contribution in [1.29, 1.82) is 0 Å². The van der Waals surface area contributed by atoms with E-state index in [0.717, 1.165) is 11.1 Å². The quantitative estimate of drug-likeness (QED) is 0.657. The maximum Gasteiger partial charge on any atom is 0.330 e. The van der Waals surface area contributed by atoms with Crippen LogP contribution in [0.2, 0.25) is 0 Å². The van der Waals surface area contributed by atoms with E-state index in [9.17, 15) is 14.7 Å². The molecule has 3 aromatic rings. The number of aromatic nitrogens is 2. The van der Waals surface area contributed by atoms with E-state index in [2.05, 4.69) is 15.5 Å². The number of aryl methyl sites for hydroxylation is 2. The minimum absolute atomic E-state index is 0.0294. The largest absolute Gasteiger partial charge is 0.479 e. The van der Waals surface area contributed by atoms with E-state index in [1.54, 1.807) is 18.2 Å². The topological polar surface area (TPSA) is 118 Å². The van der Waals surface area contributed by atoms with Gasteiger partial charge in [0.1, 0.15) is 6.26 Å². The van der Waals surface area contributed by atoms with Crippen LogP contribution in [0.25, 0.3) is 11.4 Å². The molecule has 1 unspecified atom stereocenters. The lowest BCUT2D eigenvalue weighted by Gasteiger charge is -2.18. The molecule has 8 heteroatoms. The van der Waals surface area contributed by atoms with Gasteiger partial charge in [0.2, 0.25) is 17.6 Å². The summed E-state index contributed by atoms with van der Waals surface area (Å²) < 4.78 is 10.1. The molecule has 0 spiro atoms. The standard InChI is InChI=1S/C19H19N3O5/c1-11-4-3-5-14(12(11)2)17(19(24)25)20-15(23)6-7-16-21-18(22-27-16)13-8-9-26-10-13/h3-5,8-10,17H,6-7H2,1-2H3,(H,20,23)(H,24,25). The Labute approximate surface area is 155 Å². The Kier molecular flexibility index (Phi) is 5.35. The molecule has 3 rings (SSSR count). The van der Waals surface area contributed by atoms with Crippen molar-refractivity contribution in [3.8, 4) is 11.4 Å². The Morgan fingerprint density at radius 3 is 2.78 bits per heavy atom. The van der Waals surface area contributed by atoms with Gasteiger partial charge >= 0.3 is 5.97 Å². The van der Waals surface area contributed by atoms with Crippen LogP contribution in [0.15, 0.2) is 45.7 Å². The molecule has 0 radical (unpaired) electrons. The summed E-state index contributed by atoms with van der Waals surface area (Å²) >= 11 is 0. The number of nitrogens with zero attached hydrogens (tertiary/aromatic N) is 2. The summed E-state index contributed by atoms with van der Waals surface area (Å²) in [6, 6.07) is 5.96. The first kappa shape index (κ1) is 18.4. The summed E-state index contributed by atoms with van der Waals surface area (Å²) in [6.45, 7) is 3.73. The van der Waals surface area contributed by atoms with Gasteiger partial charge in [0.15, 0.2) is 6.04 Å². The van der Waals surface area contributed by atoms with Crippen molar-refractivity contribution >= 4 is 11.9 Å². The van der Waals surface area contributed by atoms with E-state index in [1.807, 2.05) is 19.9 Å². The highest BCUT2D eigenvalue weighted by Crippen LogP contribution is 2.21. The molecule has 1 aromatic carbocycles. The van der Waals surface area contributed by atoms with Crippen LogP contribution in [0.5, 0.6) is 0 Å². The summed E-state index contributed by atoms with van der Waals surface area (Å²) in [4.78, 5) is 28.1. The number of carboxylic acid groups (broad SMARTS) is 1. The molecule has 0 fully saturated rings. The van der Waals surface area contributed by atoms with E-state index >= 15 is 0 Å². The van der Waals surface area contributed by atoms with Gasteiger partial charge in [-0.05, 0) is 36.6 Å². The molecule has 0 saturated carbocycles. The second-order valence-corrected chi connectivity index (χ2v) is 6.15. The predicted molar refractivity (Wildman–Crippen MR) is 94.8 cm³/mol. The molecular formula is C19H19N3O5. The zero-order chi connectivity index (χ0) is 19.4. The number of rotatable bonds is 7. The lowest BCUT2D eigenvalue weighted by molar-refractivity contribution is -0.142. The minimum Gasteiger partial charge on any atom is -0.479 e. The third-order valence-electron chi connectivity index (χ3n) is 4.32. The van der Waals surface area contributed by atoms with E-state index in [4.69, 9.17) is 8.94 Å². The van der Waals surface area contributed by atoms with Crippen LogP contribution in [0.3, 0.4) is 0 Å². The number of carboxylic acids is 1. The van der Waals surface area contributed by atoms with Gasteiger partial charge < -0.3 is 19.4 Å². The van der Waals surface area contributed by atoms with Gasteiger partial charge in [0, 0.05) is 12.8 Å². The molecule has 2 heterocycles. The zero-order valence-electron chi connectivity index (χ0n) is 14.9. The average Bonchev–Trinajstić information content (AvgIpc) is 3.31. The smallest absolute Gasteiger partial charge is 0.330 e. The fraction of sp³-hybridized carbons (Fsp3) is 0.263. The zero-order valence-corrected chi connectivity index (χ0v) is 14.9. The highest BCUT2D eigenvalue weighted by molar-refractivity contribution is 5.85.